The van der Waals surface area contributed by atoms with Gasteiger partial charge in [-0.05, 0) is 36.8 Å². The predicted octanol–water partition coefficient (Wildman–Crippen LogP) is 2.27. The van der Waals surface area contributed by atoms with Crippen molar-refractivity contribution in [1.82, 2.24) is 0 Å². The summed E-state index contributed by atoms with van der Waals surface area (Å²) in [6.45, 7) is 1.77. The van der Waals surface area contributed by atoms with Crippen molar-refractivity contribution < 1.29 is 13.2 Å². The normalized spacial score (nSPS) is 11.1. The van der Waals surface area contributed by atoms with Crippen molar-refractivity contribution in [2.75, 3.05) is 4.31 Å². The van der Waals surface area contributed by atoms with E-state index in [-0.39, 0.29) is 10.6 Å². The number of benzene rings is 2. The van der Waals surface area contributed by atoms with E-state index in [9.17, 15) is 13.2 Å². The third kappa shape index (κ3) is 2.65. The Morgan fingerprint density at radius 1 is 1.05 bits per heavy atom. The van der Waals surface area contributed by atoms with E-state index in [1.54, 1.807) is 37.3 Å². The lowest BCUT2D eigenvalue weighted by Crippen LogP contribution is -2.40. The quantitative estimate of drug-likeness (QED) is 0.941. The molecule has 2 N–H and O–H groups in total. The van der Waals surface area contributed by atoms with Gasteiger partial charge in [0, 0.05) is 0 Å². The average molecular weight is 290 g/mol. The van der Waals surface area contributed by atoms with Gasteiger partial charge in [-0.1, -0.05) is 30.3 Å². The molecule has 0 aliphatic rings. The van der Waals surface area contributed by atoms with E-state index < -0.39 is 16.1 Å². The molecule has 0 aromatic heterocycles. The largest absolute Gasteiger partial charge is 0.350 e. The lowest BCUT2D eigenvalue weighted by molar-refractivity contribution is 0.257. The van der Waals surface area contributed by atoms with Crippen LogP contribution in [0.25, 0.3) is 0 Å². The number of primary amides is 1. The van der Waals surface area contributed by atoms with Crippen LogP contribution in [-0.4, -0.2) is 14.4 Å². The van der Waals surface area contributed by atoms with Crippen LogP contribution in [0.4, 0.5) is 10.5 Å². The molecule has 2 aromatic carbocycles. The van der Waals surface area contributed by atoms with Gasteiger partial charge in [-0.15, -0.1) is 0 Å². The molecule has 0 saturated heterocycles. The van der Waals surface area contributed by atoms with Crippen molar-refractivity contribution >= 4 is 21.7 Å². The first-order chi connectivity index (χ1) is 9.43. The molecule has 6 heteroatoms. The minimum absolute atomic E-state index is 0.0279. The van der Waals surface area contributed by atoms with Crippen molar-refractivity contribution in [3.63, 3.8) is 0 Å². The number of hydrogen-bond donors (Lipinski definition) is 1. The van der Waals surface area contributed by atoms with Gasteiger partial charge in [0.2, 0.25) is 0 Å². The van der Waals surface area contributed by atoms with Crippen LogP contribution in [0.1, 0.15) is 5.56 Å². The summed E-state index contributed by atoms with van der Waals surface area (Å²) in [6.07, 6.45) is 0. The number of urea groups is 1. The number of carbonyl (C=O) groups is 1. The Morgan fingerprint density at radius 2 is 1.70 bits per heavy atom. The van der Waals surface area contributed by atoms with Crippen LogP contribution in [-0.2, 0) is 10.0 Å². The Bertz CT molecular complexity index is 727. The molecule has 0 bridgehead atoms. The average Bonchev–Trinajstić information content (AvgIpc) is 2.39. The summed E-state index contributed by atoms with van der Waals surface area (Å²) in [5.41, 5.74) is 6.23. The SMILES string of the molecule is Cc1cccc(S(=O)(=O)N(C(N)=O)c2ccccc2)c1. The Hall–Kier alpha value is -2.34. The molecule has 104 valence electrons. The van der Waals surface area contributed by atoms with Gasteiger partial charge in [-0.2, -0.15) is 4.31 Å². The molecule has 0 aliphatic heterocycles. The summed E-state index contributed by atoms with van der Waals surface area (Å²) < 4.78 is 25.7. The number of anilines is 1. The second-order valence-corrected chi connectivity index (χ2v) is 6.05. The first-order valence-corrected chi connectivity index (χ1v) is 7.33. The first kappa shape index (κ1) is 14.1. The van der Waals surface area contributed by atoms with Crippen LogP contribution in [0, 0.1) is 6.92 Å². The molecule has 5 nitrogen and oxygen atoms in total. The topological polar surface area (TPSA) is 80.5 Å². The minimum Gasteiger partial charge on any atom is -0.350 e. The van der Waals surface area contributed by atoms with Crippen LogP contribution in [0.3, 0.4) is 0 Å². The number of rotatable bonds is 3. The summed E-state index contributed by atoms with van der Waals surface area (Å²) in [6, 6.07) is 13.3. The zero-order valence-electron chi connectivity index (χ0n) is 10.9. The van der Waals surface area contributed by atoms with E-state index in [1.807, 2.05) is 0 Å². The standard InChI is InChI=1S/C14H14N2O3S/c1-11-6-5-9-13(10-11)20(18,19)16(14(15)17)12-7-3-2-4-8-12/h2-10H,1H3,(H2,15,17). The summed E-state index contributed by atoms with van der Waals surface area (Å²) >= 11 is 0. The number of carbonyl (C=O) groups excluding carboxylic acids is 1. The van der Waals surface area contributed by atoms with Gasteiger partial charge in [0.1, 0.15) is 0 Å². The van der Waals surface area contributed by atoms with Gasteiger partial charge in [-0.25, -0.2) is 13.2 Å². The third-order valence-corrected chi connectivity index (χ3v) is 4.44. The number of para-hydroxylation sites is 1. The lowest BCUT2D eigenvalue weighted by atomic mass is 10.2. The Balaban J connectivity index is 2.57. The molecule has 0 spiro atoms. The monoisotopic (exact) mass is 290 g/mol. The van der Waals surface area contributed by atoms with Crippen LogP contribution in [0.5, 0.6) is 0 Å². The maximum absolute atomic E-state index is 12.6. The number of aryl methyl sites for hydroxylation is 1. The Kier molecular flexibility index (Phi) is 3.76. The van der Waals surface area contributed by atoms with E-state index in [0.29, 0.717) is 4.31 Å². The maximum atomic E-state index is 12.6. The van der Waals surface area contributed by atoms with Crippen LogP contribution < -0.4 is 10.0 Å². The highest BCUT2D eigenvalue weighted by Gasteiger charge is 2.29. The smallest absolute Gasteiger partial charge is 0.333 e. The molecular weight excluding hydrogens is 276 g/mol. The highest BCUT2D eigenvalue weighted by Crippen LogP contribution is 2.23. The molecule has 0 fully saturated rings. The van der Waals surface area contributed by atoms with Gasteiger partial charge >= 0.3 is 6.03 Å². The van der Waals surface area contributed by atoms with Gasteiger partial charge in [0.05, 0.1) is 10.6 Å². The van der Waals surface area contributed by atoms with Crippen molar-refractivity contribution in [3.05, 3.63) is 60.2 Å². The first-order valence-electron chi connectivity index (χ1n) is 5.89. The molecule has 2 aromatic rings. The molecule has 20 heavy (non-hydrogen) atoms. The summed E-state index contributed by atoms with van der Waals surface area (Å²) in [7, 11) is -4.02. The molecule has 0 heterocycles. The molecule has 0 radical (unpaired) electrons. The molecule has 0 saturated carbocycles. The molecular formula is C14H14N2O3S. The lowest BCUT2D eigenvalue weighted by Gasteiger charge is -2.20. The highest BCUT2D eigenvalue weighted by molar-refractivity contribution is 7.93. The van der Waals surface area contributed by atoms with Crippen LogP contribution >= 0.6 is 0 Å². The minimum atomic E-state index is -4.02. The van der Waals surface area contributed by atoms with Gasteiger partial charge in [-0.3, -0.25) is 0 Å². The van der Waals surface area contributed by atoms with E-state index >= 15 is 0 Å². The molecule has 0 atom stereocenters. The number of hydrogen-bond acceptors (Lipinski definition) is 3. The third-order valence-electron chi connectivity index (χ3n) is 2.72. The van der Waals surface area contributed by atoms with Gasteiger partial charge < -0.3 is 5.73 Å². The van der Waals surface area contributed by atoms with Crippen molar-refractivity contribution in [2.45, 2.75) is 11.8 Å². The molecule has 0 aliphatic carbocycles. The fraction of sp³-hybridized carbons (Fsp3) is 0.0714. The van der Waals surface area contributed by atoms with Crippen molar-refractivity contribution in [3.8, 4) is 0 Å². The molecule has 2 rings (SSSR count). The molecule has 0 unspecified atom stereocenters. The molecule has 2 amide bonds. The summed E-state index contributed by atoms with van der Waals surface area (Å²) in [5.74, 6) is 0. The van der Waals surface area contributed by atoms with Crippen LogP contribution in [0.15, 0.2) is 59.5 Å². The highest BCUT2D eigenvalue weighted by atomic mass is 32.2. The second-order valence-electron chi connectivity index (χ2n) is 4.26. The Labute approximate surface area is 117 Å². The predicted molar refractivity (Wildman–Crippen MR) is 76.9 cm³/mol. The van der Waals surface area contributed by atoms with E-state index in [1.165, 1.54) is 24.3 Å². The fourth-order valence-electron chi connectivity index (χ4n) is 1.83. The second kappa shape index (κ2) is 5.34. The van der Waals surface area contributed by atoms with Gasteiger partial charge in [0.15, 0.2) is 0 Å². The number of nitrogens with two attached hydrogens (primary N) is 1. The van der Waals surface area contributed by atoms with Crippen molar-refractivity contribution in [1.29, 1.82) is 0 Å². The zero-order valence-corrected chi connectivity index (χ0v) is 11.7. The number of amides is 2. The zero-order chi connectivity index (χ0) is 14.8. The van der Waals surface area contributed by atoms with E-state index in [0.717, 1.165) is 5.56 Å². The van der Waals surface area contributed by atoms with E-state index in [2.05, 4.69) is 0 Å². The summed E-state index contributed by atoms with van der Waals surface area (Å²) in [5, 5.41) is 0. The number of nitrogens with zero attached hydrogens (tertiary/aromatic N) is 1. The van der Waals surface area contributed by atoms with Crippen molar-refractivity contribution in [2.24, 2.45) is 5.73 Å². The fourth-order valence-corrected chi connectivity index (χ4v) is 3.26. The van der Waals surface area contributed by atoms with E-state index in [4.69, 9.17) is 5.73 Å². The van der Waals surface area contributed by atoms with Gasteiger partial charge in [0.25, 0.3) is 10.0 Å². The maximum Gasteiger partial charge on any atom is 0.333 e. The van der Waals surface area contributed by atoms with Crippen LogP contribution in [0.2, 0.25) is 0 Å². The number of sulfonamides is 1. The summed E-state index contributed by atoms with van der Waals surface area (Å²) in [4.78, 5) is 11.6. The Morgan fingerprint density at radius 3 is 2.25 bits per heavy atom.